The highest BCUT2D eigenvalue weighted by atomic mass is 32.1. The van der Waals surface area contributed by atoms with Crippen LogP contribution < -0.4 is 0 Å². The molecule has 1 N–H and O–H groups in total. The highest BCUT2D eigenvalue weighted by Gasteiger charge is 2.27. The molecular weight excluding hydrogens is 328 g/mol. The molecule has 0 bridgehead atoms. The molecule has 2 aromatic rings. The Bertz CT molecular complexity index is 767. The van der Waals surface area contributed by atoms with Crippen molar-refractivity contribution in [2.45, 2.75) is 20.0 Å². The standard InChI is InChI=1S/C16H20N4O3S/c1-11-3-4-12(24-11)10-19(7-8-21)15(22)13-9-14-16(23)18(2)5-6-20(14)17-13/h3-4,9,21H,5-8,10H2,1-2H3. The lowest BCUT2D eigenvalue weighted by molar-refractivity contribution is 0.0699. The summed E-state index contributed by atoms with van der Waals surface area (Å²) in [5.74, 6) is -0.400. The molecule has 128 valence electrons. The van der Waals surface area contributed by atoms with Crippen molar-refractivity contribution in [3.63, 3.8) is 0 Å². The molecule has 3 rings (SSSR count). The highest BCUT2D eigenvalue weighted by molar-refractivity contribution is 7.11. The van der Waals surface area contributed by atoms with Crippen LogP contribution in [0.1, 0.15) is 30.7 Å². The van der Waals surface area contributed by atoms with Crippen molar-refractivity contribution in [1.82, 2.24) is 19.6 Å². The van der Waals surface area contributed by atoms with Crippen molar-refractivity contribution in [2.75, 3.05) is 26.7 Å². The number of aliphatic hydroxyl groups is 1. The van der Waals surface area contributed by atoms with Crippen LogP contribution in [0, 0.1) is 6.92 Å². The van der Waals surface area contributed by atoms with Gasteiger partial charge in [0.2, 0.25) is 0 Å². The number of thiophene rings is 1. The summed E-state index contributed by atoms with van der Waals surface area (Å²) in [6, 6.07) is 5.53. The average molecular weight is 348 g/mol. The molecule has 2 amide bonds. The van der Waals surface area contributed by atoms with Gasteiger partial charge in [0.1, 0.15) is 5.69 Å². The van der Waals surface area contributed by atoms with Crippen LogP contribution in [0.4, 0.5) is 0 Å². The van der Waals surface area contributed by atoms with Gasteiger partial charge in [-0.25, -0.2) is 0 Å². The van der Waals surface area contributed by atoms with Gasteiger partial charge in [-0.2, -0.15) is 5.10 Å². The molecule has 8 heteroatoms. The van der Waals surface area contributed by atoms with E-state index in [1.165, 1.54) is 4.88 Å². The molecule has 0 radical (unpaired) electrons. The Hall–Kier alpha value is -2.19. The summed E-state index contributed by atoms with van der Waals surface area (Å²) in [5.41, 5.74) is 0.679. The molecule has 0 saturated heterocycles. The Labute approximate surface area is 144 Å². The zero-order valence-electron chi connectivity index (χ0n) is 13.7. The highest BCUT2D eigenvalue weighted by Crippen LogP contribution is 2.19. The van der Waals surface area contributed by atoms with Gasteiger partial charge in [0.15, 0.2) is 5.69 Å². The molecule has 0 aromatic carbocycles. The number of rotatable bonds is 5. The van der Waals surface area contributed by atoms with Crippen LogP contribution in [0.25, 0.3) is 0 Å². The van der Waals surface area contributed by atoms with Gasteiger partial charge in [0, 0.05) is 36.0 Å². The van der Waals surface area contributed by atoms with E-state index < -0.39 is 0 Å². The minimum absolute atomic E-state index is 0.120. The quantitative estimate of drug-likeness (QED) is 0.873. The van der Waals surface area contributed by atoms with Crippen molar-refractivity contribution in [3.05, 3.63) is 39.3 Å². The van der Waals surface area contributed by atoms with Crippen LogP contribution in [0.5, 0.6) is 0 Å². The van der Waals surface area contributed by atoms with E-state index in [9.17, 15) is 14.7 Å². The number of fused-ring (bicyclic) bond motifs is 1. The Kier molecular flexibility index (Phi) is 4.68. The molecule has 2 aromatic heterocycles. The normalized spacial score (nSPS) is 14.0. The van der Waals surface area contributed by atoms with E-state index in [0.29, 0.717) is 25.3 Å². The van der Waals surface area contributed by atoms with Gasteiger partial charge >= 0.3 is 0 Å². The van der Waals surface area contributed by atoms with Crippen molar-refractivity contribution in [1.29, 1.82) is 0 Å². The van der Waals surface area contributed by atoms with Crippen LogP contribution in [0.15, 0.2) is 18.2 Å². The Morgan fingerprint density at radius 2 is 2.21 bits per heavy atom. The van der Waals surface area contributed by atoms with E-state index in [-0.39, 0.29) is 30.7 Å². The first-order chi connectivity index (χ1) is 11.5. The molecule has 0 atom stereocenters. The summed E-state index contributed by atoms with van der Waals surface area (Å²) in [7, 11) is 1.73. The minimum Gasteiger partial charge on any atom is -0.395 e. The smallest absolute Gasteiger partial charge is 0.274 e. The number of aryl methyl sites for hydroxylation is 1. The number of aromatic nitrogens is 2. The average Bonchev–Trinajstić information content (AvgIpc) is 3.16. The zero-order valence-corrected chi connectivity index (χ0v) is 14.5. The molecule has 7 nitrogen and oxygen atoms in total. The van der Waals surface area contributed by atoms with E-state index in [4.69, 9.17) is 0 Å². The van der Waals surface area contributed by atoms with Gasteiger partial charge in [-0.3, -0.25) is 14.3 Å². The van der Waals surface area contributed by atoms with Gasteiger partial charge in [0.25, 0.3) is 11.8 Å². The lowest BCUT2D eigenvalue weighted by atomic mass is 10.2. The molecular formula is C16H20N4O3S. The van der Waals surface area contributed by atoms with Crippen molar-refractivity contribution >= 4 is 23.2 Å². The van der Waals surface area contributed by atoms with Crippen LogP contribution in [0.3, 0.4) is 0 Å². The van der Waals surface area contributed by atoms with E-state index in [2.05, 4.69) is 5.10 Å². The predicted molar refractivity (Wildman–Crippen MR) is 90.1 cm³/mol. The van der Waals surface area contributed by atoms with Gasteiger partial charge < -0.3 is 14.9 Å². The maximum Gasteiger partial charge on any atom is 0.274 e. The number of carbonyl (C=O) groups is 2. The Balaban J connectivity index is 1.83. The molecule has 1 aliphatic rings. The fourth-order valence-corrected chi connectivity index (χ4v) is 3.61. The van der Waals surface area contributed by atoms with E-state index >= 15 is 0 Å². The molecule has 0 unspecified atom stereocenters. The van der Waals surface area contributed by atoms with Gasteiger partial charge in [-0.15, -0.1) is 11.3 Å². The molecule has 3 heterocycles. The van der Waals surface area contributed by atoms with E-state index in [0.717, 1.165) is 4.88 Å². The van der Waals surface area contributed by atoms with Crippen molar-refractivity contribution in [2.24, 2.45) is 0 Å². The number of amides is 2. The van der Waals surface area contributed by atoms with Crippen molar-refractivity contribution in [3.8, 4) is 0 Å². The van der Waals surface area contributed by atoms with Crippen LogP contribution >= 0.6 is 11.3 Å². The third kappa shape index (κ3) is 3.20. The topological polar surface area (TPSA) is 78.7 Å². The second-order valence-electron chi connectivity index (χ2n) is 5.83. The van der Waals surface area contributed by atoms with Gasteiger partial charge in [-0.05, 0) is 19.1 Å². The van der Waals surface area contributed by atoms with Gasteiger partial charge in [-0.1, -0.05) is 0 Å². The number of nitrogens with zero attached hydrogens (tertiary/aromatic N) is 4. The molecule has 0 aliphatic carbocycles. The van der Waals surface area contributed by atoms with E-state index in [1.807, 2.05) is 19.1 Å². The second-order valence-corrected chi connectivity index (χ2v) is 7.20. The number of hydrogen-bond acceptors (Lipinski definition) is 5. The summed E-state index contributed by atoms with van der Waals surface area (Å²) >= 11 is 1.62. The lowest BCUT2D eigenvalue weighted by Crippen LogP contribution is -2.37. The fraction of sp³-hybridized carbons (Fsp3) is 0.438. The lowest BCUT2D eigenvalue weighted by Gasteiger charge is -2.22. The van der Waals surface area contributed by atoms with Crippen LogP contribution in [-0.4, -0.2) is 63.2 Å². The SMILES string of the molecule is Cc1ccc(CN(CCO)C(=O)c2cc3n(n2)CCN(C)C3=O)s1. The summed E-state index contributed by atoms with van der Waals surface area (Å²) in [5, 5.41) is 13.6. The van der Waals surface area contributed by atoms with Crippen LogP contribution in [0.2, 0.25) is 0 Å². The summed E-state index contributed by atoms with van der Waals surface area (Å²) in [6.07, 6.45) is 0. The fourth-order valence-electron chi connectivity index (χ4n) is 2.70. The Morgan fingerprint density at radius 3 is 2.88 bits per heavy atom. The zero-order chi connectivity index (χ0) is 17.3. The number of likely N-dealkylation sites (N-methyl/N-ethyl adjacent to an activating group) is 1. The van der Waals surface area contributed by atoms with Gasteiger partial charge in [0.05, 0.1) is 19.7 Å². The Morgan fingerprint density at radius 1 is 1.42 bits per heavy atom. The van der Waals surface area contributed by atoms with E-state index in [1.54, 1.807) is 38.9 Å². The molecule has 0 fully saturated rings. The molecule has 24 heavy (non-hydrogen) atoms. The summed E-state index contributed by atoms with van der Waals surface area (Å²) in [4.78, 5) is 30.3. The van der Waals surface area contributed by atoms with Crippen molar-refractivity contribution < 1.29 is 14.7 Å². The first kappa shape index (κ1) is 16.7. The van der Waals surface area contributed by atoms with Crippen LogP contribution in [-0.2, 0) is 13.1 Å². The number of hydrogen-bond donors (Lipinski definition) is 1. The minimum atomic E-state index is -0.271. The maximum atomic E-state index is 12.8. The second kappa shape index (κ2) is 6.74. The number of aliphatic hydroxyl groups excluding tert-OH is 1. The first-order valence-corrected chi connectivity index (χ1v) is 8.60. The predicted octanol–water partition coefficient (Wildman–Crippen LogP) is 0.973. The monoisotopic (exact) mass is 348 g/mol. The molecule has 0 spiro atoms. The largest absolute Gasteiger partial charge is 0.395 e. The number of carbonyl (C=O) groups excluding carboxylic acids is 2. The maximum absolute atomic E-state index is 12.8. The molecule has 0 saturated carbocycles. The third-order valence-electron chi connectivity index (χ3n) is 4.01. The third-order valence-corrected chi connectivity index (χ3v) is 5.00. The summed E-state index contributed by atoms with van der Waals surface area (Å²) in [6.45, 7) is 3.70. The molecule has 1 aliphatic heterocycles. The summed E-state index contributed by atoms with van der Waals surface area (Å²) < 4.78 is 1.59. The first-order valence-electron chi connectivity index (χ1n) is 7.78.